The van der Waals surface area contributed by atoms with Crippen LogP contribution >= 0.6 is 0 Å². The molecule has 3 aromatic rings. The Bertz CT molecular complexity index is 1110. The number of aryl methyl sites for hydroxylation is 1. The molecule has 130 valence electrons. The number of rotatable bonds is 2. The van der Waals surface area contributed by atoms with Gasteiger partial charge in [-0.25, -0.2) is 9.98 Å². The van der Waals surface area contributed by atoms with Crippen LogP contribution in [0.3, 0.4) is 0 Å². The van der Waals surface area contributed by atoms with E-state index in [0.717, 1.165) is 11.4 Å². The predicted molar refractivity (Wildman–Crippen MR) is 107 cm³/mol. The van der Waals surface area contributed by atoms with E-state index in [4.69, 9.17) is 4.99 Å². The van der Waals surface area contributed by atoms with Gasteiger partial charge in [0.2, 0.25) is 5.43 Å². The summed E-state index contributed by atoms with van der Waals surface area (Å²) in [6, 6.07) is 13.3. The van der Waals surface area contributed by atoms with E-state index in [0.29, 0.717) is 28.3 Å². The minimum atomic E-state index is -0.0498. The number of anilines is 1. The van der Waals surface area contributed by atoms with Gasteiger partial charge in [-0.3, -0.25) is 9.69 Å². The van der Waals surface area contributed by atoms with Crippen molar-refractivity contribution in [1.29, 1.82) is 0 Å². The van der Waals surface area contributed by atoms with E-state index in [1.165, 1.54) is 0 Å². The Morgan fingerprint density at radius 2 is 1.81 bits per heavy atom. The molecule has 0 atom stereocenters. The Labute approximate surface area is 151 Å². The molecule has 5 nitrogen and oxygen atoms in total. The summed E-state index contributed by atoms with van der Waals surface area (Å²) in [4.78, 5) is 24.4. The average molecular weight is 344 g/mol. The van der Waals surface area contributed by atoms with Crippen LogP contribution in [0.4, 0.5) is 11.6 Å². The molecule has 5 heteroatoms. The molecule has 0 unspecified atom stereocenters. The van der Waals surface area contributed by atoms with Gasteiger partial charge in [-0.15, -0.1) is 0 Å². The molecular weight excluding hydrogens is 324 g/mol. The molecule has 0 aliphatic carbocycles. The quantitative estimate of drug-likeness (QED) is 0.703. The van der Waals surface area contributed by atoms with Crippen molar-refractivity contribution in [1.82, 2.24) is 9.55 Å². The van der Waals surface area contributed by atoms with Gasteiger partial charge in [0.1, 0.15) is 17.5 Å². The standard InChI is InChI=1S/C21H20N4O/c1-13(2)20-23-21-18(14(3)25(20)17-11-7-8-12-22-17)19(26)15-9-5-6-10-16(15)24(21)4/h5-13H,3H2,1-2,4H3. The van der Waals surface area contributed by atoms with E-state index in [-0.39, 0.29) is 11.3 Å². The minimum Gasteiger partial charge on any atom is -0.328 e. The van der Waals surface area contributed by atoms with Crippen LogP contribution in [-0.4, -0.2) is 15.4 Å². The lowest BCUT2D eigenvalue weighted by atomic mass is 10.0. The summed E-state index contributed by atoms with van der Waals surface area (Å²) in [6.45, 7) is 8.40. The number of hydrogen-bond donors (Lipinski definition) is 0. The van der Waals surface area contributed by atoms with Gasteiger partial charge >= 0.3 is 0 Å². The van der Waals surface area contributed by atoms with Gasteiger partial charge in [0.05, 0.1) is 16.8 Å². The summed E-state index contributed by atoms with van der Waals surface area (Å²) in [5.41, 5.74) is 1.96. The van der Waals surface area contributed by atoms with Gasteiger partial charge in [-0.05, 0) is 24.3 Å². The topological polar surface area (TPSA) is 50.5 Å². The molecule has 3 heterocycles. The smallest absolute Gasteiger partial charge is 0.200 e. The van der Waals surface area contributed by atoms with E-state index >= 15 is 0 Å². The summed E-state index contributed by atoms with van der Waals surface area (Å²) in [5.74, 6) is 2.33. The first-order valence-corrected chi connectivity index (χ1v) is 8.61. The van der Waals surface area contributed by atoms with Crippen molar-refractivity contribution in [3.05, 3.63) is 71.0 Å². The Morgan fingerprint density at radius 3 is 2.50 bits per heavy atom. The molecule has 0 saturated heterocycles. The summed E-state index contributed by atoms with van der Waals surface area (Å²) < 4.78 is 1.97. The van der Waals surface area contributed by atoms with Gasteiger partial charge in [-0.2, -0.15) is 0 Å². The fraction of sp³-hybridized carbons (Fsp3) is 0.190. The highest BCUT2D eigenvalue weighted by molar-refractivity contribution is 6.13. The molecule has 1 aromatic carbocycles. The second kappa shape index (κ2) is 5.95. The fourth-order valence-corrected chi connectivity index (χ4v) is 3.40. The second-order valence-electron chi connectivity index (χ2n) is 6.70. The van der Waals surface area contributed by atoms with Gasteiger partial charge in [-0.1, -0.05) is 38.6 Å². The third-order valence-electron chi connectivity index (χ3n) is 4.68. The van der Waals surface area contributed by atoms with Crippen LogP contribution in [0, 0.1) is 5.92 Å². The molecule has 1 aliphatic rings. The molecule has 0 bridgehead atoms. The van der Waals surface area contributed by atoms with E-state index in [1.807, 2.05) is 59.0 Å². The molecule has 0 fully saturated rings. The second-order valence-corrected chi connectivity index (χ2v) is 6.70. The molecule has 0 saturated carbocycles. The van der Waals surface area contributed by atoms with E-state index in [2.05, 4.69) is 25.4 Å². The van der Waals surface area contributed by atoms with Crippen molar-refractivity contribution in [2.75, 3.05) is 4.90 Å². The number of fused-ring (bicyclic) bond motifs is 2. The van der Waals surface area contributed by atoms with Crippen LogP contribution in [0.2, 0.25) is 0 Å². The molecule has 4 rings (SSSR count). The summed E-state index contributed by atoms with van der Waals surface area (Å²) >= 11 is 0. The number of aliphatic imine (C=N–C) groups is 1. The highest BCUT2D eigenvalue weighted by Crippen LogP contribution is 2.36. The summed E-state index contributed by atoms with van der Waals surface area (Å²) in [6.07, 6.45) is 1.73. The lowest BCUT2D eigenvalue weighted by Crippen LogP contribution is -2.38. The Kier molecular flexibility index (Phi) is 3.72. The van der Waals surface area contributed by atoms with Gasteiger partial charge < -0.3 is 4.57 Å². The zero-order valence-electron chi connectivity index (χ0n) is 15.1. The third-order valence-corrected chi connectivity index (χ3v) is 4.68. The van der Waals surface area contributed by atoms with Gasteiger partial charge in [0.25, 0.3) is 0 Å². The average Bonchev–Trinajstić information content (AvgIpc) is 2.66. The first-order chi connectivity index (χ1) is 12.5. The van der Waals surface area contributed by atoms with Crippen LogP contribution in [0.5, 0.6) is 0 Å². The Hall–Kier alpha value is -3.21. The zero-order valence-corrected chi connectivity index (χ0v) is 15.1. The SMILES string of the molecule is C=C1c2c(n(C)c3ccccc3c2=O)N=C(C(C)C)N1c1ccccn1. The summed E-state index contributed by atoms with van der Waals surface area (Å²) in [5, 5.41) is 0.666. The molecule has 2 aromatic heterocycles. The molecule has 0 amide bonds. The summed E-state index contributed by atoms with van der Waals surface area (Å²) in [7, 11) is 1.94. The molecule has 0 radical (unpaired) electrons. The number of para-hydroxylation sites is 1. The number of benzene rings is 1. The van der Waals surface area contributed by atoms with Gasteiger partial charge in [0.15, 0.2) is 0 Å². The molecule has 26 heavy (non-hydrogen) atoms. The lowest BCUT2D eigenvalue weighted by molar-refractivity contribution is 0.847. The molecule has 1 aliphatic heterocycles. The number of amidine groups is 1. The Balaban J connectivity index is 2.08. The number of nitrogens with zero attached hydrogens (tertiary/aromatic N) is 4. The van der Waals surface area contributed by atoms with E-state index in [1.54, 1.807) is 6.20 Å². The zero-order chi connectivity index (χ0) is 18.4. The van der Waals surface area contributed by atoms with Crippen LogP contribution < -0.4 is 10.3 Å². The van der Waals surface area contributed by atoms with Crippen molar-refractivity contribution in [2.45, 2.75) is 13.8 Å². The predicted octanol–water partition coefficient (Wildman–Crippen LogP) is 4.11. The maximum Gasteiger partial charge on any atom is 0.200 e. The van der Waals surface area contributed by atoms with E-state index in [9.17, 15) is 4.79 Å². The van der Waals surface area contributed by atoms with Crippen molar-refractivity contribution in [2.24, 2.45) is 18.0 Å². The Morgan fingerprint density at radius 1 is 1.08 bits per heavy atom. The minimum absolute atomic E-state index is 0.0498. The van der Waals surface area contributed by atoms with Crippen molar-refractivity contribution >= 4 is 34.1 Å². The first kappa shape index (κ1) is 16.3. The van der Waals surface area contributed by atoms with Crippen molar-refractivity contribution < 1.29 is 0 Å². The van der Waals surface area contributed by atoms with Crippen LogP contribution in [-0.2, 0) is 7.05 Å². The first-order valence-electron chi connectivity index (χ1n) is 8.61. The monoisotopic (exact) mass is 344 g/mol. The fourth-order valence-electron chi connectivity index (χ4n) is 3.40. The van der Waals surface area contributed by atoms with Crippen molar-refractivity contribution in [3.63, 3.8) is 0 Å². The highest BCUT2D eigenvalue weighted by atomic mass is 16.1. The highest BCUT2D eigenvalue weighted by Gasteiger charge is 2.31. The maximum absolute atomic E-state index is 13.2. The normalized spacial score (nSPS) is 13.9. The molecule has 0 spiro atoms. The number of hydrogen-bond acceptors (Lipinski definition) is 4. The van der Waals surface area contributed by atoms with Crippen LogP contribution in [0.15, 0.2) is 65.0 Å². The van der Waals surface area contributed by atoms with Crippen molar-refractivity contribution in [3.8, 4) is 0 Å². The van der Waals surface area contributed by atoms with Crippen LogP contribution in [0.1, 0.15) is 19.4 Å². The molecular formula is C21H20N4O. The largest absolute Gasteiger partial charge is 0.328 e. The van der Waals surface area contributed by atoms with E-state index < -0.39 is 0 Å². The van der Waals surface area contributed by atoms with Gasteiger partial charge in [0, 0.05) is 24.5 Å². The molecule has 0 N–H and O–H groups in total. The third kappa shape index (κ3) is 2.28. The lowest BCUT2D eigenvalue weighted by Gasteiger charge is -2.33. The number of pyridine rings is 2. The maximum atomic E-state index is 13.2. The number of aromatic nitrogens is 2. The van der Waals surface area contributed by atoms with Crippen LogP contribution in [0.25, 0.3) is 16.6 Å².